The molecule has 0 fully saturated rings. The molecule has 1 unspecified atom stereocenters. The second-order valence-corrected chi connectivity index (χ2v) is 11.5. The first-order chi connectivity index (χ1) is 20.8. The van der Waals surface area contributed by atoms with Crippen molar-refractivity contribution in [3.63, 3.8) is 0 Å². The van der Waals surface area contributed by atoms with E-state index >= 15 is 0 Å². The lowest BCUT2D eigenvalue weighted by Crippen LogP contribution is -2.27. The molecular formula is C37H41N3O3. The van der Waals surface area contributed by atoms with E-state index in [2.05, 4.69) is 27.4 Å². The van der Waals surface area contributed by atoms with E-state index in [0.29, 0.717) is 30.4 Å². The third-order valence-corrected chi connectivity index (χ3v) is 8.05. The molecular weight excluding hydrogens is 534 g/mol. The number of aromatic nitrogens is 2. The van der Waals surface area contributed by atoms with Gasteiger partial charge in [-0.2, -0.15) is 0 Å². The number of rotatable bonds is 15. The number of Topliss-reactive ketones (excluding diaryl/α,β-unsaturated/α-hetero) is 2. The smallest absolute Gasteiger partial charge is 0.251 e. The van der Waals surface area contributed by atoms with Crippen LogP contribution >= 0.6 is 0 Å². The predicted octanol–water partition coefficient (Wildman–Crippen LogP) is 7.19. The molecule has 0 aliphatic heterocycles. The molecule has 1 N–H and O–H groups in total. The van der Waals surface area contributed by atoms with E-state index in [1.807, 2.05) is 74.5 Å². The molecule has 0 radical (unpaired) electrons. The summed E-state index contributed by atoms with van der Waals surface area (Å²) in [5, 5.41) is 3.07. The van der Waals surface area contributed by atoms with E-state index in [1.165, 1.54) is 5.56 Å². The molecule has 0 saturated carbocycles. The van der Waals surface area contributed by atoms with Crippen molar-refractivity contribution >= 4 is 17.5 Å². The fraction of sp³-hybridized carbons (Fsp3) is 0.324. The van der Waals surface area contributed by atoms with Gasteiger partial charge in [0.25, 0.3) is 5.91 Å². The third kappa shape index (κ3) is 9.81. The van der Waals surface area contributed by atoms with Crippen molar-refractivity contribution in [3.05, 3.63) is 131 Å². The fourth-order valence-electron chi connectivity index (χ4n) is 5.22. The second kappa shape index (κ2) is 15.7. The minimum absolute atomic E-state index is 0.00710. The molecule has 2 heterocycles. The molecule has 2 aromatic carbocycles. The summed E-state index contributed by atoms with van der Waals surface area (Å²) in [5.41, 5.74) is 4.98. The summed E-state index contributed by atoms with van der Waals surface area (Å²) in [5.74, 6) is -0.107. The SMILES string of the molecule is CC(=O)[C@H](C)CC[C@@H](CC(=O)c1cc(CCc2ccccc2)cc(C(=O)NC(C)c2cccnc2)c1)Cc1ccccn1. The van der Waals surface area contributed by atoms with Crippen molar-refractivity contribution in [1.82, 2.24) is 15.3 Å². The zero-order valence-electron chi connectivity index (χ0n) is 25.3. The highest BCUT2D eigenvalue weighted by Crippen LogP contribution is 2.24. The van der Waals surface area contributed by atoms with Gasteiger partial charge in [0.05, 0.1) is 6.04 Å². The Morgan fingerprint density at radius 2 is 1.53 bits per heavy atom. The van der Waals surface area contributed by atoms with Crippen LogP contribution in [0, 0.1) is 11.8 Å². The minimum atomic E-state index is -0.237. The maximum atomic E-state index is 13.8. The van der Waals surface area contributed by atoms with Crippen LogP contribution in [-0.4, -0.2) is 27.4 Å². The fourth-order valence-corrected chi connectivity index (χ4v) is 5.22. The van der Waals surface area contributed by atoms with Gasteiger partial charge in [0.1, 0.15) is 5.78 Å². The van der Waals surface area contributed by atoms with E-state index in [0.717, 1.165) is 36.1 Å². The summed E-state index contributed by atoms with van der Waals surface area (Å²) in [6.07, 6.45) is 9.15. The monoisotopic (exact) mass is 575 g/mol. The number of hydrogen-bond donors (Lipinski definition) is 1. The first kappa shape index (κ1) is 31.5. The number of hydrogen-bond acceptors (Lipinski definition) is 5. The van der Waals surface area contributed by atoms with Gasteiger partial charge in [-0.05, 0) is 105 Å². The van der Waals surface area contributed by atoms with Crippen LogP contribution in [0.3, 0.4) is 0 Å². The molecule has 1 amide bonds. The van der Waals surface area contributed by atoms with Crippen molar-refractivity contribution in [3.8, 4) is 0 Å². The summed E-state index contributed by atoms with van der Waals surface area (Å²) in [4.78, 5) is 47.8. The summed E-state index contributed by atoms with van der Waals surface area (Å²) in [6, 6.07) is 25.1. The first-order valence-electron chi connectivity index (χ1n) is 15.1. The van der Waals surface area contributed by atoms with E-state index in [1.54, 1.807) is 31.6 Å². The van der Waals surface area contributed by atoms with Gasteiger partial charge in [0.2, 0.25) is 0 Å². The van der Waals surface area contributed by atoms with Gasteiger partial charge in [-0.3, -0.25) is 24.4 Å². The Labute approximate surface area is 255 Å². The molecule has 2 aromatic heterocycles. The Kier molecular flexibility index (Phi) is 11.5. The topological polar surface area (TPSA) is 89.0 Å². The standard InChI is InChI=1S/C37H41N3O3/c1-26(28(3)41)14-15-31(22-35-13-7-8-19-39-35)23-36(42)33-20-30(17-16-29-10-5-4-6-11-29)21-34(24-33)37(43)40-27(2)32-12-9-18-38-25-32/h4-13,18-21,24-27,31H,14-17,22-23H2,1-3H3,(H,40,43)/t26-,27?,31-/m1/s1. The Bertz CT molecular complexity index is 1490. The summed E-state index contributed by atoms with van der Waals surface area (Å²) >= 11 is 0. The molecule has 4 rings (SSSR count). The van der Waals surface area contributed by atoms with Crippen LogP contribution in [0.15, 0.2) is 97.5 Å². The largest absolute Gasteiger partial charge is 0.345 e. The molecule has 4 aromatic rings. The van der Waals surface area contributed by atoms with Gasteiger partial charge in [-0.25, -0.2) is 0 Å². The quantitative estimate of drug-likeness (QED) is 0.152. The Morgan fingerprint density at radius 1 is 0.791 bits per heavy atom. The van der Waals surface area contributed by atoms with E-state index in [4.69, 9.17) is 0 Å². The number of carbonyl (C=O) groups excluding carboxylic acids is 3. The lowest BCUT2D eigenvalue weighted by atomic mass is 9.86. The molecule has 222 valence electrons. The molecule has 0 spiro atoms. The number of carbonyl (C=O) groups is 3. The van der Waals surface area contributed by atoms with Crippen molar-refractivity contribution in [2.75, 3.05) is 0 Å². The van der Waals surface area contributed by atoms with E-state index in [-0.39, 0.29) is 35.4 Å². The molecule has 6 nitrogen and oxygen atoms in total. The van der Waals surface area contributed by atoms with Crippen molar-refractivity contribution in [2.45, 2.75) is 65.3 Å². The Balaban J connectivity index is 1.57. The minimum Gasteiger partial charge on any atom is -0.345 e. The number of nitrogens with one attached hydrogen (secondary N) is 1. The highest BCUT2D eigenvalue weighted by molar-refractivity contribution is 6.01. The molecule has 43 heavy (non-hydrogen) atoms. The van der Waals surface area contributed by atoms with Crippen LogP contribution in [0.1, 0.15) is 89.2 Å². The van der Waals surface area contributed by atoms with Gasteiger partial charge in [0.15, 0.2) is 5.78 Å². The number of ketones is 2. The van der Waals surface area contributed by atoms with Crippen LogP contribution in [0.25, 0.3) is 0 Å². The van der Waals surface area contributed by atoms with Gasteiger partial charge in [0, 0.05) is 47.8 Å². The average Bonchev–Trinajstić information content (AvgIpc) is 3.03. The normalized spacial score (nSPS) is 13.1. The molecule has 0 aliphatic rings. The zero-order chi connectivity index (χ0) is 30.6. The van der Waals surface area contributed by atoms with Crippen LogP contribution in [0.5, 0.6) is 0 Å². The van der Waals surface area contributed by atoms with Crippen molar-refractivity contribution in [2.24, 2.45) is 11.8 Å². The molecule has 0 bridgehead atoms. The molecule has 6 heteroatoms. The lowest BCUT2D eigenvalue weighted by Gasteiger charge is -2.19. The van der Waals surface area contributed by atoms with Crippen LogP contribution < -0.4 is 5.32 Å². The van der Waals surface area contributed by atoms with Crippen LogP contribution in [0.4, 0.5) is 0 Å². The average molecular weight is 576 g/mol. The second-order valence-electron chi connectivity index (χ2n) is 11.5. The third-order valence-electron chi connectivity index (χ3n) is 8.05. The zero-order valence-corrected chi connectivity index (χ0v) is 25.3. The van der Waals surface area contributed by atoms with Gasteiger partial charge < -0.3 is 5.32 Å². The van der Waals surface area contributed by atoms with E-state index < -0.39 is 0 Å². The Morgan fingerprint density at radius 3 is 2.23 bits per heavy atom. The summed E-state index contributed by atoms with van der Waals surface area (Å²) < 4.78 is 0. The van der Waals surface area contributed by atoms with Crippen molar-refractivity contribution in [1.29, 1.82) is 0 Å². The number of nitrogens with zero attached hydrogens (tertiary/aromatic N) is 2. The first-order valence-corrected chi connectivity index (χ1v) is 15.1. The van der Waals surface area contributed by atoms with Crippen LogP contribution in [0.2, 0.25) is 0 Å². The van der Waals surface area contributed by atoms with Crippen molar-refractivity contribution < 1.29 is 14.4 Å². The lowest BCUT2D eigenvalue weighted by molar-refractivity contribution is -0.120. The maximum absolute atomic E-state index is 13.8. The summed E-state index contributed by atoms with van der Waals surface area (Å²) in [7, 11) is 0. The summed E-state index contributed by atoms with van der Waals surface area (Å²) in [6.45, 7) is 5.48. The molecule has 0 aliphatic carbocycles. The van der Waals surface area contributed by atoms with Crippen LogP contribution in [-0.2, 0) is 24.1 Å². The highest BCUT2D eigenvalue weighted by atomic mass is 16.2. The molecule has 3 atom stereocenters. The molecule has 0 saturated heterocycles. The van der Waals surface area contributed by atoms with E-state index in [9.17, 15) is 14.4 Å². The predicted molar refractivity (Wildman–Crippen MR) is 170 cm³/mol. The number of pyridine rings is 2. The maximum Gasteiger partial charge on any atom is 0.251 e. The van der Waals surface area contributed by atoms with Gasteiger partial charge in [-0.15, -0.1) is 0 Å². The number of aryl methyl sites for hydroxylation is 2. The number of amides is 1. The number of benzene rings is 2. The van der Waals surface area contributed by atoms with Gasteiger partial charge in [-0.1, -0.05) is 49.4 Å². The highest BCUT2D eigenvalue weighted by Gasteiger charge is 2.21. The van der Waals surface area contributed by atoms with Gasteiger partial charge >= 0.3 is 0 Å². The Hall–Kier alpha value is -4.45.